The average Bonchev–Trinajstić information content (AvgIpc) is 2.63. The Labute approximate surface area is 148 Å². The highest BCUT2D eigenvalue weighted by molar-refractivity contribution is 8.00. The molecule has 0 unspecified atom stereocenters. The Bertz CT molecular complexity index is 1080. The minimum atomic E-state index is -0.426. The van der Waals surface area contributed by atoms with Gasteiger partial charge in [0.25, 0.3) is 5.56 Å². The van der Waals surface area contributed by atoms with Gasteiger partial charge in [-0.1, -0.05) is 30.3 Å². The van der Waals surface area contributed by atoms with Gasteiger partial charge >= 0.3 is 5.69 Å². The molecule has 2 heterocycles. The van der Waals surface area contributed by atoms with Gasteiger partial charge in [-0.2, -0.15) is 0 Å². The van der Waals surface area contributed by atoms with Crippen LogP contribution in [0.15, 0.2) is 51.0 Å². The molecule has 128 valence electrons. The molecule has 0 aliphatic rings. The summed E-state index contributed by atoms with van der Waals surface area (Å²) in [5.74, 6) is 0.187. The van der Waals surface area contributed by atoms with E-state index in [1.165, 1.54) is 23.4 Å². The van der Waals surface area contributed by atoms with Crippen molar-refractivity contribution in [1.82, 2.24) is 14.1 Å². The van der Waals surface area contributed by atoms with E-state index in [1.54, 1.807) is 25.4 Å². The number of carbonyl (C=O) groups excluding carboxylic acids is 1. The van der Waals surface area contributed by atoms with Gasteiger partial charge in [-0.25, -0.2) is 9.78 Å². The van der Waals surface area contributed by atoms with E-state index in [1.807, 2.05) is 25.1 Å². The summed E-state index contributed by atoms with van der Waals surface area (Å²) >= 11 is 1.30. The molecule has 25 heavy (non-hydrogen) atoms. The van der Waals surface area contributed by atoms with E-state index in [4.69, 9.17) is 0 Å². The summed E-state index contributed by atoms with van der Waals surface area (Å²) in [5.41, 5.74) is 0.933. The molecular weight excluding hydrogens is 338 g/mol. The second-order valence-electron chi connectivity index (χ2n) is 5.75. The zero-order chi connectivity index (χ0) is 18.1. The lowest BCUT2D eigenvalue weighted by Gasteiger charge is -2.12. The predicted octanol–water partition coefficient (Wildman–Crippen LogP) is 1.92. The van der Waals surface area contributed by atoms with Crippen molar-refractivity contribution in [2.24, 2.45) is 14.1 Å². The quantitative estimate of drug-likeness (QED) is 0.528. The first-order valence-electron chi connectivity index (χ1n) is 7.68. The Morgan fingerprint density at radius 2 is 1.80 bits per heavy atom. The largest absolute Gasteiger partial charge is 0.332 e. The first-order chi connectivity index (χ1) is 11.9. The van der Waals surface area contributed by atoms with E-state index in [0.717, 1.165) is 10.1 Å². The first-order valence-corrected chi connectivity index (χ1v) is 8.66. The summed E-state index contributed by atoms with van der Waals surface area (Å²) < 4.78 is 2.41. The summed E-state index contributed by atoms with van der Waals surface area (Å²) in [6.07, 6.45) is 1.62. The molecule has 1 aromatic carbocycles. The number of ketones is 1. The molecule has 0 radical (unpaired) electrons. The van der Waals surface area contributed by atoms with E-state index < -0.39 is 11.2 Å². The maximum Gasteiger partial charge on any atom is 0.332 e. The van der Waals surface area contributed by atoms with Crippen molar-refractivity contribution >= 4 is 28.6 Å². The van der Waals surface area contributed by atoms with Crippen LogP contribution in [0.3, 0.4) is 0 Å². The Kier molecular flexibility index (Phi) is 4.59. The minimum Gasteiger partial charge on any atom is -0.293 e. The Balaban J connectivity index is 2.07. The number of Topliss-reactive ketones (excluding diaryl/α,β-unsaturated/α-hetero) is 1. The molecule has 0 spiro atoms. The molecule has 2 aromatic heterocycles. The Morgan fingerprint density at radius 1 is 1.12 bits per heavy atom. The number of nitrogens with zero attached hydrogens (tertiary/aromatic N) is 3. The molecule has 0 aliphatic heterocycles. The molecule has 0 amide bonds. The smallest absolute Gasteiger partial charge is 0.293 e. The number of thioether (sulfide) groups is 1. The second kappa shape index (κ2) is 6.68. The van der Waals surface area contributed by atoms with Crippen molar-refractivity contribution in [3.05, 3.63) is 68.5 Å². The van der Waals surface area contributed by atoms with Gasteiger partial charge < -0.3 is 0 Å². The van der Waals surface area contributed by atoms with Crippen LogP contribution in [0, 0.1) is 6.92 Å². The van der Waals surface area contributed by atoms with Crippen LogP contribution in [0.1, 0.15) is 15.9 Å². The zero-order valence-electron chi connectivity index (χ0n) is 14.1. The van der Waals surface area contributed by atoms with E-state index in [2.05, 4.69) is 4.98 Å². The third kappa shape index (κ3) is 3.02. The minimum absolute atomic E-state index is 0.0170. The highest BCUT2D eigenvalue weighted by Crippen LogP contribution is 2.28. The van der Waals surface area contributed by atoms with Gasteiger partial charge in [-0.05, 0) is 12.5 Å². The van der Waals surface area contributed by atoms with Crippen molar-refractivity contribution in [2.45, 2.75) is 11.8 Å². The monoisotopic (exact) mass is 355 g/mol. The molecule has 0 aliphatic carbocycles. The van der Waals surface area contributed by atoms with Crippen LogP contribution >= 0.6 is 11.8 Å². The predicted molar refractivity (Wildman–Crippen MR) is 98.5 cm³/mol. The van der Waals surface area contributed by atoms with Gasteiger partial charge in [0.05, 0.1) is 11.1 Å². The highest BCUT2D eigenvalue weighted by Gasteiger charge is 2.17. The lowest BCUT2D eigenvalue weighted by atomic mass is 10.2. The van der Waals surface area contributed by atoms with Crippen LogP contribution in [-0.4, -0.2) is 25.7 Å². The lowest BCUT2D eigenvalue weighted by molar-refractivity contribution is 0.102. The van der Waals surface area contributed by atoms with E-state index in [-0.39, 0.29) is 11.5 Å². The number of pyridine rings is 1. The van der Waals surface area contributed by atoms with E-state index in [9.17, 15) is 14.4 Å². The van der Waals surface area contributed by atoms with Gasteiger partial charge in [0.2, 0.25) is 0 Å². The SMILES string of the molecule is Cc1cnc2c(c1SCC(=O)c1ccccc1)c(=O)n(C)c(=O)n2C. The second-order valence-corrected chi connectivity index (χ2v) is 6.74. The van der Waals surface area contributed by atoms with Crippen LogP contribution in [0.5, 0.6) is 0 Å². The van der Waals surface area contributed by atoms with Crippen molar-refractivity contribution in [1.29, 1.82) is 0 Å². The third-order valence-corrected chi connectivity index (χ3v) is 5.26. The summed E-state index contributed by atoms with van der Waals surface area (Å²) in [6.45, 7) is 1.84. The molecule has 0 fully saturated rings. The third-order valence-electron chi connectivity index (χ3n) is 4.04. The Morgan fingerprint density at radius 3 is 2.48 bits per heavy atom. The molecule has 7 heteroatoms. The van der Waals surface area contributed by atoms with Crippen LogP contribution in [0.2, 0.25) is 0 Å². The molecule has 0 saturated heterocycles. The molecule has 0 atom stereocenters. The molecule has 3 rings (SSSR count). The fourth-order valence-corrected chi connectivity index (χ4v) is 3.67. The standard InChI is InChI=1S/C18H17N3O3S/c1-11-9-19-16-14(17(23)21(3)18(24)20(16)2)15(11)25-10-13(22)12-7-5-4-6-8-12/h4-9H,10H2,1-3H3. The molecule has 0 bridgehead atoms. The van der Waals surface area contributed by atoms with Crippen LogP contribution in [-0.2, 0) is 14.1 Å². The van der Waals surface area contributed by atoms with Crippen molar-refractivity contribution in [2.75, 3.05) is 5.75 Å². The highest BCUT2D eigenvalue weighted by atomic mass is 32.2. The van der Waals surface area contributed by atoms with Crippen LogP contribution < -0.4 is 11.2 Å². The van der Waals surface area contributed by atoms with Gasteiger partial charge in [0, 0.05) is 30.8 Å². The maximum absolute atomic E-state index is 12.6. The van der Waals surface area contributed by atoms with Crippen molar-refractivity contribution in [3.8, 4) is 0 Å². The fraction of sp³-hybridized carbons (Fsp3) is 0.222. The normalized spacial score (nSPS) is 11.0. The number of carbonyl (C=O) groups is 1. The van der Waals surface area contributed by atoms with Gasteiger partial charge in [0.1, 0.15) is 5.65 Å². The average molecular weight is 355 g/mol. The number of rotatable bonds is 4. The summed E-state index contributed by atoms with van der Waals surface area (Å²) in [7, 11) is 3.02. The molecule has 3 aromatic rings. The van der Waals surface area contributed by atoms with Gasteiger partial charge in [-0.15, -0.1) is 11.8 Å². The van der Waals surface area contributed by atoms with Crippen molar-refractivity contribution < 1.29 is 4.79 Å². The maximum atomic E-state index is 12.6. The number of hydrogen-bond acceptors (Lipinski definition) is 5. The summed E-state index contributed by atoms with van der Waals surface area (Å²) in [4.78, 5) is 42.0. The van der Waals surface area contributed by atoms with Crippen LogP contribution in [0.25, 0.3) is 11.0 Å². The molecule has 0 saturated carbocycles. The van der Waals surface area contributed by atoms with E-state index in [0.29, 0.717) is 21.5 Å². The van der Waals surface area contributed by atoms with Gasteiger partial charge in [0.15, 0.2) is 5.78 Å². The first kappa shape index (κ1) is 17.2. The summed E-state index contributed by atoms with van der Waals surface area (Å²) in [6, 6.07) is 9.02. The summed E-state index contributed by atoms with van der Waals surface area (Å²) in [5, 5.41) is 0.371. The number of hydrogen-bond donors (Lipinski definition) is 0. The fourth-order valence-electron chi connectivity index (χ4n) is 2.63. The molecular formula is C18H17N3O3S. The number of aryl methyl sites for hydroxylation is 2. The van der Waals surface area contributed by atoms with Crippen molar-refractivity contribution in [3.63, 3.8) is 0 Å². The van der Waals surface area contributed by atoms with Gasteiger partial charge in [-0.3, -0.25) is 18.7 Å². The topological polar surface area (TPSA) is 74.0 Å². The van der Waals surface area contributed by atoms with Crippen LogP contribution in [0.4, 0.5) is 0 Å². The van der Waals surface area contributed by atoms with E-state index >= 15 is 0 Å². The zero-order valence-corrected chi connectivity index (χ0v) is 15.0. The molecule has 0 N–H and O–H groups in total. The number of benzene rings is 1. The lowest BCUT2D eigenvalue weighted by Crippen LogP contribution is -2.37. The number of fused-ring (bicyclic) bond motifs is 1. The Hall–Kier alpha value is -2.67. The number of aromatic nitrogens is 3. The molecule has 6 nitrogen and oxygen atoms in total.